The summed E-state index contributed by atoms with van der Waals surface area (Å²) in [4.78, 5) is 31.2. The first-order chi connectivity index (χ1) is 13.9. The van der Waals surface area contributed by atoms with Gasteiger partial charge in [0.05, 0.1) is 22.3 Å². The van der Waals surface area contributed by atoms with E-state index in [-0.39, 0.29) is 23.8 Å². The maximum absolute atomic E-state index is 13.3. The molecule has 3 heterocycles. The number of rotatable bonds is 4. The molecule has 0 saturated carbocycles. The van der Waals surface area contributed by atoms with Crippen molar-refractivity contribution in [3.63, 3.8) is 0 Å². The molecule has 0 radical (unpaired) electrons. The normalized spacial score (nSPS) is 16.5. The van der Waals surface area contributed by atoms with Gasteiger partial charge < -0.3 is 9.80 Å². The Morgan fingerprint density at radius 3 is 2.59 bits per heavy atom. The van der Waals surface area contributed by atoms with Crippen LogP contribution in [0.15, 0.2) is 36.0 Å². The van der Waals surface area contributed by atoms with Crippen molar-refractivity contribution in [2.24, 2.45) is 0 Å². The van der Waals surface area contributed by atoms with Gasteiger partial charge in [0.1, 0.15) is 17.5 Å². The molecule has 1 amide bonds. The molecule has 8 heteroatoms. The Labute approximate surface area is 173 Å². The zero-order valence-corrected chi connectivity index (χ0v) is 17.6. The van der Waals surface area contributed by atoms with Gasteiger partial charge in [0, 0.05) is 18.7 Å². The topological polar surface area (TPSA) is 62.2 Å². The summed E-state index contributed by atoms with van der Waals surface area (Å²) in [5.74, 6) is 1.06. The van der Waals surface area contributed by atoms with Crippen molar-refractivity contribution >= 4 is 28.7 Å². The summed E-state index contributed by atoms with van der Waals surface area (Å²) >= 11 is 1.44. The average molecular weight is 412 g/mol. The minimum Gasteiger partial charge on any atom is -0.340 e. The number of thiazole rings is 1. The third-order valence-electron chi connectivity index (χ3n) is 5.14. The van der Waals surface area contributed by atoms with Crippen LogP contribution in [0.4, 0.5) is 15.9 Å². The fraction of sp³-hybridized carbons (Fsp3) is 0.333. The Morgan fingerprint density at radius 1 is 1.21 bits per heavy atom. The third-order valence-corrected chi connectivity index (χ3v) is 5.96. The largest absolute Gasteiger partial charge is 0.340 e. The standard InChI is InChI=1S/C21H22FN5OS/c1-5-15-21(28)26(4)16-10-23-19(25-20(16)27(15)12(2)3)18-17(24-11-29-18)13-6-8-14(22)9-7-13/h6-12,15H,5H2,1-4H3. The van der Waals surface area contributed by atoms with Crippen molar-refractivity contribution < 1.29 is 9.18 Å². The molecule has 1 unspecified atom stereocenters. The molecule has 150 valence electrons. The van der Waals surface area contributed by atoms with Crippen LogP contribution in [0.5, 0.6) is 0 Å². The molecule has 0 spiro atoms. The number of hydrogen-bond acceptors (Lipinski definition) is 6. The number of likely N-dealkylation sites (N-methyl/N-ethyl adjacent to an activating group) is 1. The van der Waals surface area contributed by atoms with Crippen molar-refractivity contribution in [1.82, 2.24) is 15.0 Å². The summed E-state index contributed by atoms with van der Waals surface area (Å²) in [5.41, 5.74) is 3.97. The van der Waals surface area contributed by atoms with Gasteiger partial charge in [0.15, 0.2) is 11.6 Å². The van der Waals surface area contributed by atoms with Crippen LogP contribution < -0.4 is 9.80 Å². The zero-order chi connectivity index (χ0) is 20.7. The highest BCUT2D eigenvalue weighted by Gasteiger charge is 2.38. The number of amides is 1. The minimum atomic E-state index is -0.290. The number of carbonyl (C=O) groups excluding carboxylic acids is 1. The van der Waals surface area contributed by atoms with Crippen LogP contribution in [0.25, 0.3) is 22.0 Å². The Balaban J connectivity index is 1.84. The molecule has 6 nitrogen and oxygen atoms in total. The molecule has 1 aliphatic rings. The molecule has 0 saturated heterocycles. The first-order valence-corrected chi connectivity index (χ1v) is 10.4. The van der Waals surface area contributed by atoms with Crippen LogP contribution in [-0.4, -0.2) is 40.0 Å². The predicted octanol–water partition coefficient (Wildman–Crippen LogP) is 4.38. The highest BCUT2D eigenvalue weighted by atomic mass is 32.1. The van der Waals surface area contributed by atoms with E-state index >= 15 is 0 Å². The summed E-state index contributed by atoms with van der Waals surface area (Å²) in [7, 11) is 1.77. The fourth-order valence-electron chi connectivity index (χ4n) is 3.71. The summed E-state index contributed by atoms with van der Waals surface area (Å²) < 4.78 is 13.3. The highest BCUT2D eigenvalue weighted by molar-refractivity contribution is 7.13. The first-order valence-electron chi connectivity index (χ1n) is 9.55. The Bertz CT molecular complexity index is 1050. The van der Waals surface area contributed by atoms with E-state index in [1.54, 1.807) is 35.8 Å². The maximum Gasteiger partial charge on any atom is 0.249 e. The molecular weight excluding hydrogens is 389 g/mol. The Morgan fingerprint density at radius 2 is 1.93 bits per heavy atom. The van der Waals surface area contributed by atoms with E-state index in [4.69, 9.17) is 4.98 Å². The van der Waals surface area contributed by atoms with Crippen LogP contribution in [-0.2, 0) is 4.79 Å². The molecule has 0 N–H and O–H groups in total. The average Bonchev–Trinajstić information content (AvgIpc) is 3.20. The molecule has 2 aromatic heterocycles. The van der Waals surface area contributed by atoms with Crippen molar-refractivity contribution in [2.45, 2.75) is 39.3 Å². The number of nitrogens with zero attached hydrogens (tertiary/aromatic N) is 5. The van der Waals surface area contributed by atoms with Gasteiger partial charge in [-0.1, -0.05) is 6.92 Å². The number of anilines is 2. The molecule has 3 aromatic rings. The SMILES string of the molecule is CCC1C(=O)N(C)c2cnc(-c3scnc3-c3ccc(F)cc3)nc2N1C(C)C. The van der Waals surface area contributed by atoms with Crippen molar-refractivity contribution in [3.05, 3.63) is 41.8 Å². The molecule has 1 aromatic carbocycles. The van der Waals surface area contributed by atoms with E-state index in [2.05, 4.69) is 28.7 Å². The van der Waals surface area contributed by atoms with Gasteiger partial charge in [0.25, 0.3) is 0 Å². The molecule has 29 heavy (non-hydrogen) atoms. The third kappa shape index (κ3) is 3.27. The second kappa shape index (κ2) is 7.51. The van der Waals surface area contributed by atoms with Crippen LogP contribution in [0.3, 0.4) is 0 Å². The number of halogens is 1. The zero-order valence-electron chi connectivity index (χ0n) is 16.8. The van der Waals surface area contributed by atoms with Gasteiger partial charge in [0.2, 0.25) is 5.91 Å². The van der Waals surface area contributed by atoms with Gasteiger partial charge in [-0.3, -0.25) is 4.79 Å². The van der Waals surface area contributed by atoms with Gasteiger partial charge >= 0.3 is 0 Å². The Hall–Kier alpha value is -2.87. The van der Waals surface area contributed by atoms with Crippen LogP contribution >= 0.6 is 11.3 Å². The van der Waals surface area contributed by atoms with Crippen molar-refractivity contribution in [1.29, 1.82) is 0 Å². The van der Waals surface area contributed by atoms with Gasteiger partial charge in [-0.05, 0) is 44.5 Å². The maximum atomic E-state index is 13.3. The molecular formula is C21H22FN5OS. The van der Waals surface area contributed by atoms with Crippen molar-refractivity contribution in [2.75, 3.05) is 16.8 Å². The highest BCUT2D eigenvalue weighted by Crippen LogP contribution is 2.39. The number of aromatic nitrogens is 3. The summed E-state index contributed by atoms with van der Waals surface area (Å²) in [6, 6.07) is 6.09. The lowest BCUT2D eigenvalue weighted by molar-refractivity contribution is -0.120. The smallest absolute Gasteiger partial charge is 0.249 e. The molecule has 1 aliphatic heterocycles. The molecule has 0 bridgehead atoms. The molecule has 0 aliphatic carbocycles. The second-order valence-electron chi connectivity index (χ2n) is 7.26. The van der Waals surface area contributed by atoms with Gasteiger partial charge in [-0.25, -0.2) is 19.3 Å². The van der Waals surface area contributed by atoms with Crippen molar-refractivity contribution in [3.8, 4) is 22.0 Å². The quantitative estimate of drug-likeness (QED) is 0.638. The van der Waals surface area contributed by atoms with E-state index in [9.17, 15) is 9.18 Å². The lowest BCUT2D eigenvalue weighted by atomic mass is 10.1. The summed E-state index contributed by atoms with van der Waals surface area (Å²) in [6.07, 6.45) is 2.40. The monoisotopic (exact) mass is 411 g/mol. The first kappa shape index (κ1) is 19.4. The summed E-state index contributed by atoms with van der Waals surface area (Å²) in [6.45, 7) is 6.13. The molecule has 1 atom stereocenters. The van der Waals surface area contributed by atoms with Gasteiger partial charge in [-0.2, -0.15) is 0 Å². The van der Waals surface area contributed by atoms with Crippen LogP contribution in [0.1, 0.15) is 27.2 Å². The van der Waals surface area contributed by atoms with E-state index < -0.39 is 0 Å². The van der Waals surface area contributed by atoms with Gasteiger partial charge in [-0.15, -0.1) is 11.3 Å². The molecule has 0 fully saturated rings. The fourth-order valence-corrected chi connectivity index (χ4v) is 4.45. The minimum absolute atomic E-state index is 0.0508. The number of hydrogen-bond donors (Lipinski definition) is 0. The van der Waals surface area contributed by atoms with E-state index in [1.165, 1.54) is 23.5 Å². The lowest BCUT2D eigenvalue weighted by Crippen LogP contribution is -2.54. The lowest BCUT2D eigenvalue weighted by Gasteiger charge is -2.42. The number of fused-ring (bicyclic) bond motifs is 1. The number of carbonyl (C=O) groups is 1. The van der Waals surface area contributed by atoms with Crippen LogP contribution in [0, 0.1) is 5.82 Å². The van der Waals surface area contributed by atoms with Crippen LogP contribution in [0.2, 0.25) is 0 Å². The molecule has 4 rings (SSSR count). The van der Waals surface area contributed by atoms with E-state index in [1.807, 2.05) is 6.92 Å². The summed E-state index contributed by atoms with van der Waals surface area (Å²) in [5, 5.41) is 0. The van der Waals surface area contributed by atoms with E-state index in [0.717, 1.165) is 22.0 Å². The number of benzene rings is 1. The second-order valence-corrected chi connectivity index (χ2v) is 8.12. The van der Waals surface area contributed by atoms with E-state index in [0.29, 0.717) is 17.9 Å². The predicted molar refractivity (Wildman–Crippen MR) is 114 cm³/mol. The Kier molecular flexibility index (Phi) is 5.04.